The van der Waals surface area contributed by atoms with Gasteiger partial charge in [-0.05, 0) is 42.5 Å². The van der Waals surface area contributed by atoms with Crippen molar-refractivity contribution < 1.29 is 14.6 Å². The van der Waals surface area contributed by atoms with E-state index in [1.807, 2.05) is 11.3 Å². The van der Waals surface area contributed by atoms with Crippen molar-refractivity contribution in [3.8, 4) is 0 Å². The van der Waals surface area contributed by atoms with Gasteiger partial charge in [-0.3, -0.25) is 4.79 Å². The Labute approximate surface area is 178 Å². The van der Waals surface area contributed by atoms with Gasteiger partial charge in [0.05, 0.1) is 57.2 Å². The summed E-state index contributed by atoms with van der Waals surface area (Å²) in [5.74, 6) is 0.343. The maximum Gasteiger partial charge on any atom is 0.278 e. The van der Waals surface area contributed by atoms with Crippen molar-refractivity contribution in [2.45, 2.75) is 20.4 Å². The van der Waals surface area contributed by atoms with Gasteiger partial charge in [0.1, 0.15) is 6.54 Å². The quantitative estimate of drug-likeness (QED) is 0.722. The van der Waals surface area contributed by atoms with E-state index >= 15 is 0 Å². The van der Waals surface area contributed by atoms with Crippen molar-refractivity contribution in [1.82, 2.24) is 4.90 Å². The van der Waals surface area contributed by atoms with Crippen molar-refractivity contribution in [3.63, 3.8) is 0 Å². The molecule has 0 atom stereocenters. The summed E-state index contributed by atoms with van der Waals surface area (Å²) in [7, 11) is 0. The number of benzene rings is 1. The number of thiophene rings is 1. The Balaban J connectivity index is 1.22. The summed E-state index contributed by atoms with van der Waals surface area (Å²) in [6.45, 7) is 14.3. The van der Waals surface area contributed by atoms with Gasteiger partial charge in [0.25, 0.3) is 5.91 Å². The molecule has 4 rings (SSSR count). The maximum atomic E-state index is 12.8. The van der Waals surface area contributed by atoms with Crippen LogP contribution in [0.25, 0.3) is 0 Å². The molecule has 1 aromatic carbocycles. The summed E-state index contributed by atoms with van der Waals surface area (Å²) in [5.41, 5.74) is 4.10. The largest absolute Gasteiger partial charge is 0.360 e. The van der Waals surface area contributed by atoms with Crippen LogP contribution in [0.1, 0.15) is 16.0 Å². The molecular weight excluding hydrogens is 380 g/mol. The van der Waals surface area contributed by atoms with Crippen LogP contribution in [0.3, 0.4) is 0 Å². The van der Waals surface area contributed by atoms with Crippen LogP contribution in [0.5, 0.6) is 0 Å². The minimum absolute atomic E-state index is 0.343. The zero-order chi connectivity index (χ0) is 20.2. The Hall–Kier alpha value is -1.89. The first-order chi connectivity index (χ1) is 14.1. The molecule has 29 heavy (non-hydrogen) atoms. The van der Waals surface area contributed by atoms with E-state index in [9.17, 15) is 4.79 Å². The molecule has 0 saturated carbocycles. The van der Waals surface area contributed by atoms with Gasteiger partial charge in [-0.25, -0.2) is 0 Å². The molecule has 2 aliphatic heterocycles. The molecule has 3 heterocycles. The highest BCUT2D eigenvalue weighted by atomic mass is 32.1. The Kier molecular flexibility index (Phi) is 6.53. The molecule has 2 N–H and O–H groups in total. The molecule has 1 amide bonds. The summed E-state index contributed by atoms with van der Waals surface area (Å²) >= 11 is 1.84. The number of carbonyl (C=O) groups excluding carboxylic acids is 1. The third kappa shape index (κ3) is 5.00. The average molecular weight is 415 g/mol. The van der Waals surface area contributed by atoms with Crippen LogP contribution in [-0.2, 0) is 11.3 Å². The van der Waals surface area contributed by atoms with Gasteiger partial charge in [0.15, 0.2) is 6.54 Å². The van der Waals surface area contributed by atoms with E-state index in [0.29, 0.717) is 12.5 Å². The van der Waals surface area contributed by atoms with E-state index < -0.39 is 0 Å². The fourth-order valence-electron chi connectivity index (χ4n) is 4.55. The van der Waals surface area contributed by atoms with E-state index in [4.69, 9.17) is 0 Å². The lowest BCUT2D eigenvalue weighted by atomic mass is 10.1. The lowest BCUT2D eigenvalue weighted by Crippen LogP contribution is -3.16. The minimum atomic E-state index is 0.343. The SMILES string of the molecule is Cc1cccc(N2CC[NH+](CC(=O)N3CC[NH+](Cc4cccs4)CC3)CC2)c1C. The lowest BCUT2D eigenvalue weighted by molar-refractivity contribution is -0.917. The normalized spacial score (nSPS) is 19.0. The highest BCUT2D eigenvalue weighted by molar-refractivity contribution is 7.09. The third-order valence-electron chi connectivity index (χ3n) is 6.62. The number of hydrogen-bond acceptors (Lipinski definition) is 3. The van der Waals surface area contributed by atoms with Gasteiger partial charge in [-0.15, -0.1) is 11.3 Å². The first-order valence-corrected chi connectivity index (χ1v) is 11.8. The van der Waals surface area contributed by atoms with E-state index in [1.165, 1.54) is 26.6 Å². The van der Waals surface area contributed by atoms with Crippen molar-refractivity contribution in [2.75, 3.05) is 63.8 Å². The minimum Gasteiger partial charge on any atom is -0.360 e. The monoisotopic (exact) mass is 414 g/mol. The van der Waals surface area contributed by atoms with E-state index in [2.05, 4.69) is 59.4 Å². The maximum absolute atomic E-state index is 12.8. The standard InChI is InChI=1S/C23H32N4OS/c1-19-5-3-7-22(20(19)2)26-12-8-25(9-13-26)18-23(28)27-14-10-24(11-15-27)17-21-6-4-16-29-21/h3-7,16H,8-15,17-18H2,1-2H3/p+2. The van der Waals surface area contributed by atoms with Gasteiger partial charge < -0.3 is 19.6 Å². The van der Waals surface area contributed by atoms with Crippen molar-refractivity contribution in [3.05, 3.63) is 51.7 Å². The molecule has 1 aromatic heterocycles. The summed E-state index contributed by atoms with van der Waals surface area (Å²) in [4.78, 5) is 21.9. The number of quaternary nitrogens is 2. The highest BCUT2D eigenvalue weighted by Crippen LogP contribution is 2.22. The Morgan fingerprint density at radius 1 is 0.966 bits per heavy atom. The fraction of sp³-hybridized carbons (Fsp3) is 0.522. The molecule has 2 aromatic rings. The molecule has 2 saturated heterocycles. The second-order valence-electron chi connectivity index (χ2n) is 8.52. The first-order valence-electron chi connectivity index (χ1n) is 10.9. The number of hydrogen-bond donors (Lipinski definition) is 2. The number of carbonyl (C=O) groups is 1. The number of piperazine rings is 2. The van der Waals surface area contributed by atoms with Crippen molar-refractivity contribution in [1.29, 1.82) is 0 Å². The fourth-order valence-corrected chi connectivity index (χ4v) is 5.33. The number of amides is 1. The molecule has 2 fully saturated rings. The number of nitrogens with one attached hydrogen (secondary N) is 2. The average Bonchev–Trinajstić information content (AvgIpc) is 3.24. The lowest BCUT2D eigenvalue weighted by Gasteiger charge is -2.36. The molecule has 0 radical (unpaired) electrons. The second-order valence-corrected chi connectivity index (χ2v) is 9.55. The molecule has 2 aliphatic rings. The predicted octanol–water partition coefficient (Wildman–Crippen LogP) is -0.00286. The number of aryl methyl sites for hydroxylation is 1. The van der Waals surface area contributed by atoms with Gasteiger partial charge in [-0.1, -0.05) is 18.2 Å². The molecule has 0 unspecified atom stereocenters. The van der Waals surface area contributed by atoms with Crippen molar-refractivity contribution >= 4 is 22.9 Å². The zero-order valence-electron chi connectivity index (χ0n) is 17.7. The van der Waals surface area contributed by atoms with Crippen LogP contribution in [0.15, 0.2) is 35.7 Å². The topological polar surface area (TPSA) is 32.4 Å². The Morgan fingerprint density at radius 3 is 2.38 bits per heavy atom. The van der Waals surface area contributed by atoms with Gasteiger partial charge >= 0.3 is 0 Å². The number of anilines is 1. The van der Waals surface area contributed by atoms with Crippen molar-refractivity contribution in [2.24, 2.45) is 0 Å². The molecule has 0 bridgehead atoms. The molecule has 0 spiro atoms. The van der Waals surface area contributed by atoms with Crippen LogP contribution in [0.4, 0.5) is 5.69 Å². The molecule has 156 valence electrons. The van der Waals surface area contributed by atoms with Crippen LogP contribution < -0.4 is 14.7 Å². The summed E-state index contributed by atoms with van der Waals surface area (Å²) < 4.78 is 0. The number of rotatable bonds is 5. The van der Waals surface area contributed by atoms with Crippen LogP contribution in [-0.4, -0.2) is 69.7 Å². The summed E-state index contributed by atoms with van der Waals surface area (Å²) in [6.07, 6.45) is 0. The Morgan fingerprint density at radius 2 is 1.69 bits per heavy atom. The first kappa shape index (κ1) is 20.4. The van der Waals surface area contributed by atoms with Gasteiger partial charge in [0, 0.05) is 5.69 Å². The molecule has 0 aliphatic carbocycles. The molecule has 6 heteroatoms. The highest BCUT2D eigenvalue weighted by Gasteiger charge is 2.28. The third-order valence-corrected chi connectivity index (χ3v) is 7.49. The zero-order valence-corrected chi connectivity index (χ0v) is 18.6. The summed E-state index contributed by atoms with van der Waals surface area (Å²) in [5, 5.41) is 2.15. The summed E-state index contributed by atoms with van der Waals surface area (Å²) in [6, 6.07) is 10.9. The van der Waals surface area contributed by atoms with E-state index in [1.54, 1.807) is 4.90 Å². The molecular formula is C23H34N4OS+2. The van der Waals surface area contributed by atoms with E-state index in [-0.39, 0.29) is 0 Å². The Bertz CT molecular complexity index is 806. The van der Waals surface area contributed by atoms with Gasteiger partial charge in [-0.2, -0.15) is 0 Å². The van der Waals surface area contributed by atoms with E-state index in [0.717, 1.165) is 58.9 Å². The van der Waals surface area contributed by atoms with Gasteiger partial charge in [0.2, 0.25) is 0 Å². The van der Waals surface area contributed by atoms with Crippen LogP contribution in [0.2, 0.25) is 0 Å². The second kappa shape index (κ2) is 9.28. The van der Waals surface area contributed by atoms with Crippen LogP contribution >= 0.6 is 11.3 Å². The predicted molar refractivity (Wildman–Crippen MR) is 119 cm³/mol. The smallest absolute Gasteiger partial charge is 0.278 e. The molecule has 5 nitrogen and oxygen atoms in total. The number of nitrogens with zero attached hydrogens (tertiary/aromatic N) is 2. The van der Waals surface area contributed by atoms with Crippen LogP contribution in [0, 0.1) is 13.8 Å².